The second-order valence-electron chi connectivity index (χ2n) is 5.40. The van der Waals surface area contributed by atoms with Gasteiger partial charge in [0, 0.05) is 25.3 Å². The molecule has 96 valence electrons. The van der Waals surface area contributed by atoms with E-state index in [-0.39, 0.29) is 17.4 Å². The van der Waals surface area contributed by atoms with Crippen LogP contribution >= 0.6 is 0 Å². The highest BCUT2D eigenvalue weighted by Crippen LogP contribution is 2.09. The average Bonchev–Trinajstić information content (AvgIpc) is 2.57. The topological polar surface area (TPSA) is 72.9 Å². The van der Waals surface area contributed by atoms with Crippen molar-refractivity contribution in [1.29, 1.82) is 0 Å². The predicted molar refractivity (Wildman–Crippen MR) is 67.4 cm³/mol. The van der Waals surface area contributed by atoms with Crippen molar-refractivity contribution in [3.8, 4) is 0 Å². The Kier molecular flexibility index (Phi) is 4.28. The van der Waals surface area contributed by atoms with Gasteiger partial charge < -0.3 is 11.1 Å². The number of aryl methyl sites for hydroxylation is 1. The summed E-state index contributed by atoms with van der Waals surface area (Å²) in [4.78, 5) is 12.0. The van der Waals surface area contributed by atoms with E-state index in [1.807, 2.05) is 34.0 Å². The Hall–Kier alpha value is -1.36. The molecular weight excluding hydrogens is 216 g/mol. The highest BCUT2D eigenvalue weighted by molar-refractivity contribution is 5.79. The first kappa shape index (κ1) is 13.7. The van der Waals surface area contributed by atoms with Crippen molar-refractivity contribution in [2.45, 2.75) is 32.7 Å². The van der Waals surface area contributed by atoms with Crippen molar-refractivity contribution >= 4 is 5.91 Å². The van der Waals surface area contributed by atoms with Crippen LogP contribution < -0.4 is 11.1 Å². The minimum Gasteiger partial charge on any atom is -0.351 e. The van der Waals surface area contributed by atoms with Crippen LogP contribution in [0.4, 0.5) is 0 Å². The number of nitrogens with one attached hydrogen (secondary N) is 1. The lowest BCUT2D eigenvalue weighted by Crippen LogP contribution is -2.46. The molecule has 0 aliphatic rings. The van der Waals surface area contributed by atoms with E-state index in [0.717, 1.165) is 5.56 Å². The molecule has 0 fully saturated rings. The van der Waals surface area contributed by atoms with Gasteiger partial charge in [0.1, 0.15) is 0 Å². The molecule has 5 nitrogen and oxygen atoms in total. The first-order valence-corrected chi connectivity index (χ1v) is 5.81. The van der Waals surface area contributed by atoms with Crippen LogP contribution in [0.25, 0.3) is 0 Å². The lowest BCUT2D eigenvalue weighted by atomic mass is 9.99. The van der Waals surface area contributed by atoms with E-state index in [2.05, 4.69) is 10.4 Å². The van der Waals surface area contributed by atoms with Gasteiger partial charge >= 0.3 is 0 Å². The van der Waals surface area contributed by atoms with Gasteiger partial charge in [-0.05, 0) is 32.8 Å². The van der Waals surface area contributed by atoms with Crippen molar-refractivity contribution in [3.05, 3.63) is 18.0 Å². The number of hydrogen-bond donors (Lipinski definition) is 2. The van der Waals surface area contributed by atoms with Crippen molar-refractivity contribution < 1.29 is 4.79 Å². The zero-order chi connectivity index (χ0) is 13.1. The van der Waals surface area contributed by atoms with Crippen LogP contribution in [-0.4, -0.2) is 27.8 Å². The number of aromatic nitrogens is 2. The van der Waals surface area contributed by atoms with E-state index >= 15 is 0 Å². The number of carbonyl (C=O) groups is 1. The van der Waals surface area contributed by atoms with Crippen molar-refractivity contribution in [1.82, 2.24) is 15.1 Å². The van der Waals surface area contributed by atoms with Gasteiger partial charge in [0.05, 0.1) is 12.1 Å². The van der Waals surface area contributed by atoms with Gasteiger partial charge in [-0.25, -0.2) is 0 Å². The zero-order valence-electron chi connectivity index (χ0n) is 11.0. The maximum atomic E-state index is 12.0. The summed E-state index contributed by atoms with van der Waals surface area (Å²) in [6.07, 6.45) is 4.31. The summed E-state index contributed by atoms with van der Waals surface area (Å²) in [5, 5.41) is 7.03. The van der Waals surface area contributed by atoms with Crippen LogP contribution in [0.15, 0.2) is 12.4 Å². The summed E-state index contributed by atoms with van der Waals surface area (Å²) in [5.74, 6) is -0.192. The molecule has 5 heteroatoms. The Balaban J connectivity index is 2.62. The fraction of sp³-hybridized carbons (Fsp3) is 0.667. The number of rotatable bonds is 4. The van der Waals surface area contributed by atoms with Crippen LogP contribution in [0.2, 0.25) is 0 Å². The Morgan fingerprint density at radius 2 is 2.24 bits per heavy atom. The summed E-state index contributed by atoms with van der Waals surface area (Å²) in [5.41, 5.74) is 6.47. The quantitative estimate of drug-likeness (QED) is 0.800. The summed E-state index contributed by atoms with van der Waals surface area (Å²) in [6.45, 7) is 6.23. The van der Waals surface area contributed by atoms with Crippen LogP contribution in [0.1, 0.15) is 26.3 Å². The second kappa shape index (κ2) is 5.31. The molecule has 1 atom stereocenters. The normalized spacial score (nSPS) is 13.5. The molecule has 0 bridgehead atoms. The predicted octanol–water partition coefficient (Wildman–Crippen LogP) is 0.452. The lowest BCUT2D eigenvalue weighted by molar-refractivity contribution is -0.126. The van der Waals surface area contributed by atoms with Crippen molar-refractivity contribution in [2.24, 2.45) is 18.7 Å². The van der Waals surface area contributed by atoms with E-state index in [0.29, 0.717) is 13.0 Å². The van der Waals surface area contributed by atoms with Gasteiger partial charge in [0.15, 0.2) is 0 Å². The number of hydrogen-bond acceptors (Lipinski definition) is 3. The average molecular weight is 238 g/mol. The van der Waals surface area contributed by atoms with Crippen LogP contribution in [-0.2, 0) is 18.3 Å². The maximum Gasteiger partial charge on any atom is 0.225 e. The third-order valence-corrected chi connectivity index (χ3v) is 2.39. The highest BCUT2D eigenvalue weighted by atomic mass is 16.2. The van der Waals surface area contributed by atoms with Crippen LogP contribution in [0, 0.1) is 5.92 Å². The number of nitrogens with zero attached hydrogens (tertiary/aromatic N) is 2. The second-order valence-corrected chi connectivity index (χ2v) is 5.40. The molecular formula is C12H22N4O. The third-order valence-electron chi connectivity index (χ3n) is 2.39. The summed E-state index contributed by atoms with van der Waals surface area (Å²) in [6, 6.07) is 0. The van der Waals surface area contributed by atoms with Gasteiger partial charge in [0.2, 0.25) is 5.91 Å². The Morgan fingerprint density at radius 1 is 1.59 bits per heavy atom. The van der Waals surface area contributed by atoms with E-state index in [4.69, 9.17) is 5.73 Å². The minimum atomic E-state index is -0.223. The molecule has 0 aliphatic heterocycles. The number of nitrogens with two attached hydrogens (primary N) is 1. The van der Waals surface area contributed by atoms with Gasteiger partial charge in [-0.3, -0.25) is 9.48 Å². The first-order valence-electron chi connectivity index (χ1n) is 5.81. The van der Waals surface area contributed by atoms with Gasteiger partial charge in [-0.15, -0.1) is 0 Å². The minimum absolute atomic E-state index is 0.00357. The maximum absolute atomic E-state index is 12.0. The van der Waals surface area contributed by atoms with Crippen molar-refractivity contribution in [3.63, 3.8) is 0 Å². The van der Waals surface area contributed by atoms with E-state index < -0.39 is 0 Å². The van der Waals surface area contributed by atoms with E-state index in [9.17, 15) is 4.79 Å². The molecule has 1 heterocycles. The summed E-state index contributed by atoms with van der Waals surface area (Å²) in [7, 11) is 1.86. The molecule has 0 aromatic carbocycles. The molecule has 1 amide bonds. The van der Waals surface area contributed by atoms with E-state index in [1.165, 1.54) is 0 Å². The first-order chi connectivity index (χ1) is 7.81. The fourth-order valence-electron chi connectivity index (χ4n) is 1.62. The molecule has 1 rings (SSSR count). The number of carbonyl (C=O) groups excluding carboxylic acids is 1. The lowest BCUT2D eigenvalue weighted by Gasteiger charge is -2.24. The largest absolute Gasteiger partial charge is 0.351 e. The molecule has 0 spiro atoms. The molecule has 0 radical (unpaired) electrons. The highest BCUT2D eigenvalue weighted by Gasteiger charge is 2.22. The van der Waals surface area contributed by atoms with Gasteiger partial charge in [-0.2, -0.15) is 5.10 Å². The smallest absolute Gasteiger partial charge is 0.225 e. The van der Waals surface area contributed by atoms with Crippen molar-refractivity contribution in [2.75, 3.05) is 6.54 Å². The molecule has 1 unspecified atom stereocenters. The SMILES string of the molecule is Cn1cc(CC(CN)C(=O)NC(C)(C)C)cn1. The van der Waals surface area contributed by atoms with Crippen LogP contribution in [0.5, 0.6) is 0 Å². The van der Waals surface area contributed by atoms with E-state index in [1.54, 1.807) is 10.9 Å². The summed E-state index contributed by atoms with van der Waals surface area (Å²) >= 11 is 0. The third kappa shape index (κ3) is 4.56. The molecule has 0 aliphatic carbocycles. The molecule has 3 N–H and O–H groups in total. The standard InChI is InChI=1S/C12H22N4O/c1-12(2,3)15-11(17)10(6-13)5-9-7-14-16(4)8-9/h7-8,10H,5-6,13H2,1-4H3,(H,15,17). The fourth-order valence-corrected chi connectivity index (χ4v) is 1.62. The summed E-state index contributed by atoms with van der Waals surface area (Å²) < 4.78 is 1.73. The zero-order valence-corrected chi connectivity index (χ0v) is 11.0. The van der Waals surface area contributed by atoms with Gasteiger partial charge in [-0.1, -0.05) is 0 Å². The molecule has 17 heavy (non-hydrogen) atoms. The Labute approximate surface area is 102 Å². The molecule has 0 saturated heterocycles. The molecule has 0 saturated carbocycles. The monoisotopic (exact) mass is 238 g/mol. The van der Waals surface area contributed by atoms with Crippen LogP contribution in [0.3, 0.4) is 0 Å². The molecule has 1 aromatic rings. The number of amides is 1. The molecule has 1 aromatic heterocycles. The Bertz CT molecular complexity index is 378. The Morgan fingerprint density at radius 3 is 2.65 bits per heavy atom. The van der Waals surface area contributed by atoms with Gasteiger partial charge in [0.25, 0.3) is 0 Å².